The number of ketones is 2. The second kappa shape index (κ2) is 3.89. The van der Waals surface area contributed by atoms with Crippen LogP contribution in [-0.4, -0.2) is 36.0 Å². The van der Waals surface area contributed by atoms with E-state index in [0.29, 0.717) is 5.56 Å². The maximum atomic E-state index is 11.9. The Morgan fingerprint density at radius 2 is 1.88 bits per heavy atom. The summed E-state index contributed by atoms with van der Waals surface area (Å²) in [7, 11) is 1.53. The van der Waals surface area contributed by atoms with Gasteiger partial charge in [-0.2, -0.15) is 0 Å². The first kappa shape index (κ1) is 10.5. The summed E-state index contributed by atoms with van der Waals surface area (Å²) in [6, 6.07) is 8.57. The third kappa shape index (κ3) is 1.62. The number of Topliss-reactive ketones (excluding diaryl/α,β-unsaturated/α-hetero) is 2. The molecule has 1 aliphatic heterocycles. The molecule has 1 aromatic rings. The van der Waals surface area contributed by atoms with E-state index >= 15 is 0 Å². The van der Waals surface area contributed by atoms with Gasteiger partial charge in [0.15, 0.2) is 5.78 Å². The first-order valence-electron chi connectivity index (χ1n) is 5.00. The lowest BCUT2D eigenvalue weighted by Gasteiger charge is -2.07. The summed E-state index contributed by atoms with van der Waals surface area (Å²) in [6.45, 7) is 0.186. The first-order chi connectivity index (χ1) is 7.61. The van der Waals surface area contributed by atoms with Crippen LogP contribution >= 0.6 is 0 Å². The van der Waals surface area contributed by atoms with Crippen molar-refractivity contribution in [2.24, 2.45) is 5.92 Å². The number of nitrogens with zero attached hydrogens (tertiary/aromatic N) is 1. The molecule has 1 amide bonds. The van der Waals surface area contributed by atoms with Gasteiger partial charge >= 0.3 is 0 Å². The van der Waals surface area contributed by atoms with Gasteiger partial charge in [0.05, 0.1) is 0 Å². The van der Waals surface area contributed by atoms with Crippen molar-refractivity contribution in [1.82, 2.24) is 4.90 Å². The van der Waals surface area contributed by atoms with Crippen molar-refractivity contribution in [2.75, 3.05) is 13.6 Å². The number of amides is 1. The third-order valence-electron chi connectivity index (χ3n) is 2.71. The monoisotopic (exact) mass is 217 g/mol. The van der Waals surface area contributed by atoms with Crippen LogP contribution in [0.4, 0.5) is 0 Å². The van der Waals surface area contributed by atoms with Crippen molar-refractivity contribution in [1.29, 1.82) is 0 Å². The summed E-state index contributed by atoms with van der Waals surface area (Å²) < 4.78 is 0. The van der Waals surface area contributed by atoms with E-state index in [1.807, 2.05) is 0 Å². The number of rotatable bonds is 2. The molecule has 1 fully saturated rings. The molecule has 82 valence electrons. The Balaban J connectivity index is 2.25. The summed E-state index contributed by atoms with van der Waals surface area (Å²) in [5.74, 6) is -2.28. The number of benzene rings is 1. The molecular weight excluding hydrogens is 206 g/mol. The van der Waals surface area contributed by atoms with Gasteiger partial charge in [0.2, 0.25) is 5.78 Å². The van der Waals surface area contributed by atoms with Crippen LogP contribution in [0.25, 0.3) is 0 Å². The summed E-state index contributed by atoms with van der Waals surface area (Å²) >= 11 is 0. The highest BCUT2D eigenvalue weighted by atomic mass is 16.2. The van der Waals surface area contributed by atoms with Gasteiger partial charge in [0.25, 0.3) is 5.91 Å². The lowest BCUT2D eigenvalue weighted by atomic mass is 9.96. The molecular formula is C12H11NO3. The molecule has 1 atom stereocenters. The Morgan fingerprint density at radius 1 is 1.25 bits per heavy atom. The SMILES string of the molecule is CN1C[C@@H](C(=O)c2ccccc2)C(=O)C1=O. The summed E-state index contributed by atoms with van der Waals surface area (Å²) in [4.78, 5) is 36.0. The molecule has 1 saturated heterocycles. The lowest BCUT2D eigenvalue weighted by molar-refractivity contribution is -0.139. The van der Waals surface area contributed by atoms with E-state index in [0.717, 1.165) is 0 Å². The van der Waals surface area contributed by atoms with Crippen molar-refractivity contribution in [3.8, 4) is 0 Å². The average Bonchev–Trinajstić information content (AvgIpc) is 2.57. The van der Waals surface area contributed by atoms with Gasteiger partial charge in [-0.1, -0.05) is 30.3 Å². The first-order valence-corrected chi connectivity index (χ1v) is 5.00. The predicted molar refractivity (Wildman–Crippen MR) is 56.9 cm³/mol. The lowest BCUT2D eigenvalue weighted by Crippen LogP contribution is -2.24. The second-order valence-electron chi connectivity index (χ2n) is 3.83. The zero-order valence-corrected chi connectivity index (χ0v) is 8.84. The van der Waals surface area contributed by atoms with E-state index in [9.17, 15) is 14.4 Å². The van der Waals surface area contributed by atoms with Gasteiger partial charge in [-0.05, 0) is 0 Å². The van der Waals surface area contributed by atoms with Gasteiger partial charge in [0, 0.05) is 19.2 Å². The number of carbonyl (C=O) groups is 3. The Labute approximate surface area is 92.9 Å². The highest BCUT2D eigenvalue weighted by Gasteiger charge is 2.41. The Hall–Kier alpha value is -1.97. The molecule has 4 heteroatoms. The van der Waals surface area contributed by atoms with Crippen LogP contribution in [0.5, 0.6) is 0 Å². The zero-order chi connectivity index (χ0) is 11.7. The van der Waals surface area contributed by atoms with Crippen LogP contribution in [0.15, 0.2) is 30.3 Å². The zero-order valence-electron chi connectivity index (χ0n) is 8.84. The fourth-order valence-corrected chi connectivity index (χ4v) is 1.78. The standard InChI is InChI=1S/C12H11NO3/c1-13-7-9(11(15)12(13)16)10(14)8-5-3-2-4-6-8/h2-6,9H,7H2,1H3/t9-/m0/s1. The molecule has 1 aliphatic rings. The average molecular weight is 217 g/mol. The molecule has 2 rings (SSSR count). The van der Waals surface area contributed by atoms with Gasteiger partial charge < -0.3 is 4.90 Å². The molecule has 0 bridgehead atoms. The van der Waals surface area contributed by atoms with Crippen LogP contribution in [0.2, 0.25) is 0 Å². The van der Waals surface area contributed by atoms with Crippen LogP contribution in [0.1, 0.15) is 10.4 Å². The Morgan fingerprint density at radius 3 is 2.38 bits per heavy atom. The minimum absolute atomic E-state index is 0.186. The number of carbonyl (C=O) groups excluding carboxylic acids is 3. The van der Waals surface area contributed by atoms with E-state index < -0.39 is 17.6 Å². The van der Waals surface area contributed by atoms with Gasteiger partial charge in [-0.15, -0.1) is 0 Å². The van der Waals surface area contributed by atoms with E-state index in [-0.39, 0.29) is 12.3 Å². The molecule has 1 aromatic carbocycles. The maximum absolute atomic E-state index is 11.9. The van der Waals surface area contributed by atoms with Crippen molar-refractivity contribution >= 4 is 17.5 Å². The molecule has 0 saturated carbocycles. The molecule has 0 aliphatic carbocycles. The molecule has 1 heterocycles. The normalized spacial score (nSPS) is 20.3. The number of likely N-dealkylation sites (tertiary alicyclic amines) is 1. The summed E-state index contributed by atoms with van der Waals surface area (Å²) in [5.41, 5.74) is 0.476. The predicted octanol–water partition coefficient (Wildman–Crippen LogP) is 0.527. The molecule has 0 radical (unpaired) electrons. The van der Waals surface area contributed by atoms with Crippen molar-refractivity contribution in [3.05, 3.63) is 35.9 Å². The van der Waals surface area contributed by atoms with Crippen LogP contribution in [0.3, 0.4) is 0 Å². The quantitative estimate of drug-likeness (QED) is 0.412. The maximum Gasteiger partial charge on any atom is 0.290 e. The largest absolute Gasteiger partial charge is 0.338 e. The summed E-state index contributed by atoms with van der Waals surface area (Å²) in [6.07, 6.45) is 0. The van der Waals surface area contributed by atoms with Crippen LogP contribution in [0, 0.1) is 5.92 Å². The van der Waals surface area contributed by atoms with Crippen molar-refractivity contribution in [3.63, 3.8) is 0 Å². The Bertz CT molecular complexity index is 453. The fourth-order valence-electron chi connectivity index (χ4n) is 1.78. The third-order valence-corrected chi connectivity index (χ3v) is 2.71. The number of hydrogen-bond donors (Lipinski definition) is 0. The fraction of sp³-hybridized carbons (Fsp3) is 0.250. The van der Waals surface area contributed by atoms with Gasteiger partial charge in [0.1, 0.15) is 5.92 Å². The molecule has 0 aromatic heterocycles. The van der Waals surface area contributed by atoms with E-state index in [1.54, 1.807) is 30.3 Å². The smallest absolute Gasteiger partial charge is 0.290 e. The molecule has 4 nitrogen and oxygen atoms in total. The minimum atomic E-state index is -0.833. The number of likely N-dealkylation sites (N-methyl/N-ethyl adjacent to an activating group) is 1. The highest BCUT2D eigenvalue weighted by Crippen LogP contribution is 2.17. The minimum Gasteiger partial charge on any atom is -0.338 e. The van der Waals surface area contributed by atoms with Crippen LogP contribution < -0.4 is 0 Å². The summed E-state index contributed by atoms with van der Waals surface area (Å²) in [5, 5.41) is 0. The van der Waals surface area contributed by atoms with Crippen molar-refractivity contribution < 1.29 is 14.4 Å². The molecule has 0 N–H and O–H groups in total. The van der Waals surface area contributed by atoms with Crippen LogP contribution in [-0.2, 0) is 9.59 Å². The molecule has 16 heavy (non-hydrogen) atoms. The van der Waals surface area contributed by atoms with E-state index in [4.69, 9.17) is 0 Å². The topological polar surface area (TPSA) is 54.5 Å². The second-order valence-corrected chi connectivity index (χ2v) is 3.83. The number of hydrogen-bond acceptors (Lipinski definition) is 3. The van der Waals surface area contributed by atoms with Crippen molar-refractivity contribution in [2.45, 2.75) is 0 Å². The highest BCUT2D eigenvalue weighted by molar-refractivity contribution is 6.43. The van der Waals surface area contributed by atoms with E-state index in [2.05, 4.69) is 0 Å². The van der Waals surface area contributed by atoms with Gasteiger partial charge in [-0.3, -0.25) is 14.4 Å². The molecule has 0 spiro atoms. The van der Waals surface area contributed by atoms with Gasteiger partial charge in [-0.25, -0.2) is 0 Å². The Kier molecular flexibility index (Phi) is 2.56. The van der Waals surface area contributed by atoms with E-state index in [1.165, 1.54) is 11.9 Å². The molecule has 0 unspecified atom stereocenters.